The van der Waals surface area contributed by atoms with E-state index in [-0.39, 0.29) is 11.7 Å². The van der Waals surface area contributed by atoms with Crippen molar-refractivity contribution in [2.75, 3.05) is 5.32 Å². The van der Waals surface area contributed by atoms with Crippen LogP contribution in [0.2, 0.25) is 0 Å². The number of nitrogens with one attached hydrogen (secondary N) is 2. The van der Waals surface area contributed by atoms with Crippen molar-refractivity contribution in [1.29, 1.82) is 0 Å². The van der Waals surface area contributed by atoms with Crippen molar-refractivity contribution in [2.24, 2.45) is 0 Å². The molecular formula is C20H19FN4O. The van der Waals surface area contributed by atoms with Gasteiger partial charge in [-0.15, -0.1) is 0 Å². The second-order valence-corrected chi connectivity index (χ2v) is 5.87. The molecule has 26 heavy (non-hydrogen) atoms. The van der Waals surface area contributed by atoms with E-state index in [9.17, 15) is 9.18 Å². The zero-order valence-electron chi connectivity index (χ0n) is 14.4. The number of anilines is 1. The van der Waals surface area contributed by atoms with Crippen molar-refractivity contribution in [3.63, 3.8) is 0 Å². The molecule has 0 saturated carbocycles. The quantitative estimate of drug-likeness (QED) is 0.714. The van der Waals surface area contributed by atoms with E-state index < -0.39 is 0 Å². The van der Waals surface area contributed by atoms with Crippen molar-refractivity contribution in [2.45, 2.75) is 20.0 Å². The Bertz CT molecular complexity index is 882. The molecule has 0 bridgehead atoms. The van der Waals surface area contributed by atoms with Gasteiger partial charge in [0.15, 0.2) is 0 Å². The topological polar surface area (TPSA) is 66.9 Å². The highest BCUT2D eigenvalue weighted by molar-refractivity contribution is 5.98. The van der Waals surface area contributed by atoms with E-state index in [1.165, 1.54) is 12.1 Å². The third-order valence-corrected chi connectivity index (χ3v) is 3.83. The number of hydrogen-bond acceptors (Lipinski definition) is 4. The van der Waals surface area contributed by atoms with Crippen LogP contribution in [0.25, 0.3) is 0 Å². The number of hydrogen-bond donors (Lipinski definition) is 2. The Morgan fingerprint density at radius 3 is 2.58 bits per heavy atom. The summed E-state index contributed by atoms with van der Waals surface area (Å²) in [7, 11) is 0. The summed E-state index contributed by atoms with van der Waals surface area (Å²) in [6.45, 7) is 2.70. The smallest absolute Gasteiger partial charge is 0.255 e. The summed E-state index contributed by atoms with van der Waals surface area (Å²) in [6, 6.07) is 13.4. The SMILES string of the molecule is Cc1ccc(C(=O)NCc2ccc(F)cc2)c(NCc2cccnc2)n1. The Labute approximate surface area is 151 Å². The first-order valence-corrected chi connectivity index (χ1v) is 8.25. The van der Waals surface area contributed by atoms with Gasteiger partial charge in [-0.05, 0) is 48.4 Å². The van der Waals surface area contributed by atoms with Crippen LogP contribution in [-0.4, -0.2) is 15.9 Å². The standard InChI is InChI=1S/C20H19FN4O/c1-14-4-9-18(19(25-14)23-13-16-3-2-10-22-11-16)20(26)24-12-15-5-7-17(21)8-6-15/h2-11H,12-13H2,1H3,(H,23,25)(H,24,26). The summed E-state index contributed by atoms with van der Waals surface area (Å²) in [4.78, 5) is 21.1. The number of benzene rings is 1. The highest BCUT2D eigenvalue weighted by atomic mass is 19.1. The summed E-state index contributed by atoms with van der Waals surface area (Å²) in [5, 5.41) is 6.03. The summed E-state index contributed by atoms with van der Waals surface area (Å²) in [5.41, 5.74) is 3.09. The second kappa shape index (κ2) is 8.20. The molecule has 1 aromatic carbocycles. The van der Waals surface area contributed by atoms with Gasteiger partial charge < -0.3 is 10.6 Å². The average Bonchev–Trinajstić information content (AvgIpc) is 2.66. The maximum atomic E-state index is 13.0. The molecule has 6 heteroatoms. The van der Waals surface area contributed by atoms with Crippen LogP contribution in [0, 0.1) is 12.7 Å². The van der Waals surface area contributed by atoms with Crippen molar-refractivity contribution in [3.05, 3.63) is 89.1 Å². The molecule has 0 aliphatic heterocycles. The predicted molar refractivity (Wildman–Crippen MR) is 98.1 cm³/mol. The highest BCUT2D eigenvalue weighted by Crippen LogP contribution is 2.15. The van der Waals surface area contributed by atoms with Gasteiger partial charge in [0.25, 0.3) is 5.91 Å². The maximum Gasteiger partial charge on any atom is 0.255 e. The number of halogens is 1. The predicted octanol–water partition coefficient (Wildman–Crippen LogP) is 3.47. The highest BCUT2D eigenvalue weighted by Gasteiger charge is 2.13. The van der Waals surface area contributed by atoms with Gasteiger partial charge in [0.05, 0.1) is 5.56 Å². The summed E-state index contributed by atoms with van der Waals surface area (Å²) >= 11 is 0. The van der Waals surface area contributed by atoms with Gasteiger partial charge in [-0.2, -0.15) is 0 Å². The molecule has 0 radical (unpaired) electrons. The molecule has 2 N–H and O–H groups in total. The first-order valence-electron chi connectivity index (χ1n) is 8.25. The van der Waals surface area contributed by atoms with Gasteiger partial charge in [0.1, 0.15) is 11.6 Å². The summed E-state index contributed by atoms with van der Waals surface area (Å²) in [5.74, 6) is -0.0225. The largest absolute Gasteiger partial charge is 0.365 e. The first-order chi connectivity index (χ1) is 12.6. The number of aromatic nitrogens is 2. The molecule has 0 fully saturated rings. The van der Waals surface area contributed by atoms with Crippen LogP contribution >= 0.6 is 0 Å². The third-order valence-electron chi connectivity index (χ3n) is 3.83. The van der Waals surface area contributed by atoms with Crippen LogP contribution in [-0.2, 0) is 13.1 Å². The third kappa shape index (κ3) is 4.63. The van der Waals surface area contributed by atoms with Gasteiger partial charge in [0, 0.05) is 31.2 Å². The zero-order chi connectivity index (χ0) is 18.4. The van der Waals surface area contributed by atoms with Crippen molar-refractivity contribution in [3.8, 4) is 0 Å². The number of nitrogens with zero attached hydrogens (tertiary/aromatic N) is 2. The minimum absolute atomic E-state index is 0.240. The van der Waals surface area contributed by atoms with Gasteiger partial charge in [-0.25, -0.2) is 9.37 Å². The van der Waals surface area contributed by atoms with Crippen LogP contribution < -0.4 is 10.6 Å². The van der Waals surface area contributed by atoms with E-state index in [0.29, 0.717) is 24.5 Å². The van der Waals surface area contributed by atoms with E-state index in [4.69, 9.17) is 0 Å². The number of carbonyl (C=O) groups excluding carboxylic acids is 1. The Morgan fingerprint density at radius 1 is 1.04 bits per heavy atom. The van der Waals surface area contributed by atoms with Crippen LogP contribution in [0.3, 0.4) is 0 Å². The molecule has 0 spiro atoms. The molecule has 1 amide bonds. The molecule has 0 atom stereocenters. The number of rotatable bonds is 6. The number of aryl methyl sites for hydroxylation is 1. The van der Waals surface area contributed by atoms with E-state index in [0.717, 1.165) is 16.8 Å². The Morgan fingerprint density at radius 2 is 1.85 bits per heavy atom. The fourth-order valence-electron chi connectivity index (χ4n) is 2.44. The van der Waals surface area contributed by atoms with Crippen molar-refractivity contribution in [1.82, 2.24) is 15.3 Å². The van der Waals surface area contributed by atoms with E-state index in [1.54, 1.807) is 36.7 Å². The van der Waals surface area contributed by atoms with Gasteiger partial charge in [0.2, 0.25) is 0 Å². The Kier molecular flexibility index (Phi) is 5.53. The molecule has 0 aliphatic carbocycles. The minimum atomic E-state index is -0.301. The van der Waals surface area contributed by atoms with Gasteiger partial charge >= 0.3 is 0 Å². The van der Waals surface area contributed by atoms with Crippen LogP contribution in [0.15, 0.2) is 60.9 Å². The zero-order valence-corrected chi connectivity index (χ0v) is 14.4. The molecule has 132 valence electrons. The lowest BCUT2D eigenvalue weighted by atomic mass is 10.2. The normalized spacial score (nSPS) is 10.4. The molecule has 5 nitrogen and oxygen atoms in total. The number of pyridine rings is 2. The molecule has 0 unspecified atom stereocenters. The van der Waals surface area contributed by atoms with Crippen LogP contribution in [0.1, 0.15) is 27.2 Å². The number of carbonyl (C=O) groups is 1. The Balaban J connectivity index is 1.69. The molecule has 3 rings (SSSR count). The fraction of sp³-hybridized carbons (Fsp3) is 0.150. The van der Waals surface area contributed by atoms with Crippen molar-refractivity contribution >= 4 is 11.7 Å². The fourth-order valence-corrected chi connectivity index (χ4v) is 2.44. The van der Waals surface area contributed by atoms with Crippen molar-refractivity contribution < 1.29 is 9.18 Å². The molecule has 2 aromatic heterocycles. The second-order valence-electron chi connectivity index (χ2n) is 5.87. The lowest BCUT2D eigenvalue weighted by Crippen LogP contribution is -2.24. The molecule has 2 heterocycles. The van der Waals surface area contributed by atoms with Crippen LogP contribution in [0.5, 0.6) is 0 Å². The lowest BCUT2D eigenvalue weighted by molar-refractivity contribution is 0.0951. The molecule has 0 aliphatic rings. The van der Waals surface area contributed by atoms with Crippen LogP contribution in [0.4, 0.5) is 10.2 Å². The minimum Gasteiger partial charge on any atom is -0.365 e. The van der Waals surface area contributed by atoms with Gasteiger partial charge in [-0.3, -0.25) is 9.78 Å². The average molecular weight is 350 g/mol. The van der Waals surface area contributed by atoms with E-state index in [2.05, 4.69) is 20.6 Å². The lowest BCUT2D eigenvalue weighted by Gasteiger charge is -2.12. The summed E-state index contributed by atoms with van der Waals surface area (Å²) in [6.07, 6.45) is 3.47. The van der Waals surface area contributed by atoms with E-state index >= 15 is 0 Å². The monoisotopic (exact) mass is 350 g/mol. The number of amides is 1. The maximum absolute atomic E-state index is 13.0. The first kappa shape index (κ1) is 17.5. The van der Waals surface area contributed by atoms with E-state index in [1.807, 2.05) is 19.1 Å². The van der Waals surface area contributed by atoms with Gasteiger partial charge in [-0.1, -0.05) is 18.2 Å². The molecular weight excluding hydrogens is 331 g/mol. The Hall–Kier alpha value is -3.28. The summed E-state index contributed by atoms with van der Waals surface area (Å²) < 4.78 is 13.0. The molecule has 3 aromatic rings. The molecule has 0 saturated heterocycles.